The van der Waals surface area contributed by atoms with Gasteiger partial charge in [-0.15, -0.1) is 0 Å². The summed E-state index contributed by atoms with van der Waals surface area (Å²) in [6, 6.07) is 19.5. The Hall–Kier alpha value is -3.04. The van der Waals surface area contributed by atoms with E-state index in [4.69, 9.17) is 4.74 Å². The molecule has 1 spiro atoms. The van der Waals surface area contributed by atoms with Gasteiger partial charge in [0.25, 0.3) is 0 Å². The first-order valence-corrected chi connectivity index (χ1v) is 16.6. The van der Waals surface area contributed by atoms with Gasteiger partial charge in [0.15, 0.2) is 0 Å². The van der Waals surface area contributed by atoms with E-state index in [0.717, 1.165) is 37.4 Å². The molecule has 2 heterocycles. The second kappa shape index (κ2) is 15.6. The quantitative estimate of drug-likeness (QED) is 0.311. The highest BCUT2D eigenvalue weighted by Gasteiger charge is 2.53. The third-order valence-electron chi connectivity index (χ3n) is 8.30. The van der Waals surface area contributed by atoms with E-state index in [9.17, 15) is 14.4 Å². The average molecular weight is 609 g/mol. The van der Waals surface area contributed by atoms with Crippen LogP contribution in [0.1, 0.15) is 64.0 Å². The number of amides is 3. The molecule has 2 aromatic rings. The number of ether oxygens (including phenoxy) is 1. The number of hydrogen-bond acceptors (Lipinski definition) is 6. The number of benzene rings is 2. The van der Waals surface area contributed by atoms with Crippen LogP contribution in [0.5, 0.6) is 0 Å². The van der Waals surface area contributed by atoms with Gasteiger partial charge in [-0.1, -0.05) is 81.4 Å². The highest BCUT2D eigenvalue weighted by atomic mass is 32.2. The fourth-order valence-electron chi connectivity index (χ4n) is 5.85. The highest BCUT2D eigenvalue weighted by molar-refractivity contribution is 8.00. The van der Waals surface area contributed by atoms with Gasteiger partial charge in [-0.3, -0.25) is 9.59 Å². The molecular formula is C34H48N4O4S. The van der Waals surface area contributed by atoms with Crippen LogP contribution in [-0.2, 0) is 27.4 Å². The molecule has 0 aromatic heterocycles. The van der Waals surface area contributed by atoms with Gasteiger partial charge in [-0.25, -0.2) is 4.79 Å². The molecule has 4 rings (SSSR count). The Morgan fingerprint density at radius 3 is 2.28 bits per heavy atom. The monoisotopic (exact) mass is 608 g/mol. The molecule has 2 fully saturated rings. The van der Waals surface area contributed by atoms with Crippen LogP contribution in [0.15, 0.2) is 60.7 Å². The van der Waals surface area contributed by atoms with E-state index in [2.05, 4.69) is 60.6 Å². The fraction of sp³-hybridized carbons (Fsp3) is 0.559. The molecule has 1 atom stereocenters. The predicted molar refractivity (Wildman–Crippen MR) is 173 cm³/mol. The van der Waals surface area contributed by atoms with Crippen molar-refractivity contribution in [3.05, 3.63) is 71.8 Å². The molecule has 0 aliphatic carbocycles. The number of nitrogens with one attached hydrogen (secondary N) is 2. The minimum Gasteiger partial charge on any atom is -0.445 e. The summed E-state index contributed by atoms with van der Waals surface area (Å²) in [6.45, 7) is 10.3. The number of hydrogen-bond donors (Lipinski definition) is 2. The maximum absolute atomic E-state index is 13.9. The number of piperidine rings is 1. The number of unbranched alkanes of at least 4 members (excludes halogenated alkanes) is 1. The standard InChI is InChI=1S/C34H48N4O4S/c1-33(2,3)43-25-24-38-30(39)29(16-10-11-20-35-32(41)42-26-28-14-8-5-9-15-28)36-31(40)34(38)18-22-37(23-19-34)21-17-27-12-6-4-7-13-27/h4-9,12-15,29H,10-11,16-26H2,1-3H3,(H,35,41)(H,36,40)/t29-/m0/s1. The summed E-state index contributed by atoms with van der Waals surface area (Å²) in [6.07, 6.45) is 3.79. The number of likely N-dealkylation sites (tertiary alicyclic amines) is 1. The number of thioether (sulfide) groups is 1. The first-order valence-electron chi connectivity index (χ1n) is 15.6. The summed E-state index contributed by atoms with van der Waals surface area (Å²) in [7, 11) is 0. The highest BCUT2D eigenvalue weighted by Crippen LogP contribution is 2.35. The summed E-state index contributed by atoms with van der Waals surface area (Å²) < 4.78 is 5.35. The number of rotatable bonds is 13. The molecule has 2 N–H and O–H groups in total. The van der Waals surface area contributed by atoms with Crippen molar-refractivity contribution in [2.75, 3.05) is 38.5 Å². The number of carbonyl (C=O) groups excluding carboxylic acids is 3. The zero-order valence-electron chi connectivity index (χ0n) is 26.0. The number of piperazine rings is 1. The molecule has 8 nitrogen and oxygen atoms in total. The van der Waals surface area contributed by atoms with E-state index < -0.39 is 17.7 Å². The van der Waals surface area contributed by atoms with Crippen LogP contribution in [0, 0.1) is 0 Å². The summed E-state index contributed by atoms with van der Waals surface area (Å²) in [5.74, 6) is 0.814. The van der Waals surface area contributed by atoms with E-state index in [1.165, 1.54) is 5.56 Å². The molecule has 0 unspecified atom stereocenters. The van der Waals surface area contributed by atoms with Crippen molar-refractivity contribution in [1.29, 1.82) is 0 Å². The molecule has 2 saturated heterocycles. The Bertz CT molecular complexity index is 1180. The van der Waals surface area contributed by atoms with Crippen molar-refractivity contribution in [2.24, 2.45) is 0 Å². The smallest absolute Gasteiger partial charge is 0.407 e. The Balaban J connectivity index is 1.27. The Labute approximate surface area is 261 Å². The molecule has 0 bridgehead atoms. The van der Waals surface area contributed by atoms with Gasteiger partial charge < -0.3 is 25.2 Å². The van der Waals surface area contributed by atoms with Gasteiger partial charge in [-0.2, -0.15) is 11.8 Å². The fourth-order valence-corrected chi connectivity index (χ4v) is 6.74. The predicted octanol–water partition coefficient (Wildman–Crippen LogP) is 5.02. The summed E-state index contributed by atoms with van der Waals surface area (Å²) in [4.78, 5) is 44.0. The van der Waals surface area contributed by atoms with Gasteiger partial charge in [0.05, 0.1) is 0 Å². The van der Waals surface area contributed by atoms with Gasteiger partial charge in [0, 0.05) is 43.2 Å². The Morgan fingerprint density at radius 2 is 1.63 bits per heavy atom. The SMILES string of the molecule is CC(C)(C)SCCN1C(=O)[C@H](CCCCNC(=O)OCc2ccccc2)NC(=O)C12CCN(CCc1ccccc1)CC2. The molecule has 2 aromatic carbocycles. The zero-order valence-corrected chi connectivity index (χ0v) is 26.8. The van der Waals surface area contributed by atoms with Crippen molar-refractivity contribution >= 4 is 29.7 Å². The zero-order chi connectivity index (χ0) is 30.7. The lowest BCUT2D eigenvalue weighted by atomic mass is 9.81. The van der Waals surface area contributed by atoms with E-state index in [-0.39, 0.29) is 23.2 Å². The van der Waals surface area contributed by atoms with Gasteiger partial charge in [-0.05, 0) is 49.7 Å². The minimum absolute atomic E-state index is 0.0109. The molecule has 3 amide bonds. The Morgan fingerprint density at radius 1 is 0.977 bits per heavy atom. The van der Waals surface area contributed by atoms with Gasteiger partial charge in [0.1, 0.15) is 18.2 Å². The number of alkyl carbamates (subject to hydrolysis) is 1. The largest absolute Gasteiger partial charge is 0.445 e. The average Bonchev–Trinajstić information content (AvgIpc) is 3.00. The van der Waals surface area contributed by atoms with Crippen LogP contribution in [0.25, 0.3) is 0 Å². The lowest BCUT2D eigenvalue weighted by molar-refractivity contribution is -0.161. The normalized spacial score (nSPS) is 18.9. The second-order valence-electron chi connectivity index (χ2n) is 12.6. The lowest BCUT2D eigenvalue weighted by Crippen LogP contribution is -2.73. The van der Waals surface area contributed by atoms with E-state index in [1.807, 2.05) is 53.1 Å². The van der Waals surface area contributed by atoms with Gasteiger partial charge >= 0.3 is 6.09 Å². The molecule has 9 heteroatoms. The molecule has 2 aliphatic rings. The Kier molecular flexibility index (Phi) is 11.9. The van der Waals surface area contributed by atoms with E-state index >= 15 is 0 Å². The molecule has 2 aliphatic heterocycles. The van der Waals surface area contributed by atoms with Crippen molar-refractivity contribution in [2.45, 2.75) is 82.2 Å². The number of nitrogens with zero attached hydrogens (tertiary/aromatic N) is 2. The van der Waals surface area contributed by atoms with E-state index in [0.29, 0.717) is 45.2 Å². The molecule has 43 heavy (non-hydrogen) atoms. The maximum atomic E-state index is 13.9. The van der Waals surface area contributed by atoms with Gasteiger partial charge in [0.2, 0.25) is 11.8 Å². The maximum Gasteiger partial charge on any atom is 0.407 e. The van der Waals surface area contributed by atoms with Crippen molar-refractivity contribution in [3.63, 3.8) is 0 Å². The number of carbonyl (C=O) groups is 3. The van der Waals surface area contributed by atoms with Crippen LogP contribution < -0.4 is 10.6 Å². The van der Waals surface area contributed by atoms with Crippen LogP contribution in [0.2, 0.25) is 0 Å². The summed E-state index contributed by atoms with van der Waals surface area (Å²) in [5, 5.41) is 5.89. The topological polar surface area (TPSA) is 91.0 Å². The molecule has 0 radical (unpaired) electrons. The first-order chi connectivity index (χ1) is 20.7. The lowest BCUT2D eigenvalue weighted by Gasteiger charge is -2.52. The van der Waals surface area contributed by atoms with E-state index in [1.54, 1.807) is 0 Å². The second-order valence-corrected chi connectivity index (χ2v) is 14.5. The van der Waals surface area contributed by atoms with Crippen LogP contribution >= 0.6 is 11.8 Å². The first kappa shape index (κ1) is 32.9. The third kappa shape index (κ3) is 9.73. The molecule has 234 valence electrons. The van der Waals surface area contributed by atoms with Crippen molar-refractivity contribution in [1.82, 2.24) is 20.4 Å². The molecular weight excluding hydrogens is 560 g/mol. The third-order valence-corrected chi connectivity index (χ3v) is 9.56. The summed E-state index contributed by atoms with van der Waals surface area (Å²) in [5.41, 5.74) is 1.47. The molecule has 0 saturated carbocycles. The minimum atomic E-state index is -0.778. The summed E-state index contributed by atoms with van der Waals surface area (Å²) >= 11 is 1.83. The van der Waals surface area contributed by atoms with Crippen molar-refractivity contribution in [3.8, 4) is 0 Å². The van der Waals surface area contributed by atoms with Crippen LogP contribution in [0.3, 0.4) is 0 Å². The van der Waals surface area contributed by atoms with Crippen LogP contribution in [-0.4, -0.2) is 82.5 Å². The van der Waals surface area contributed by atoms with Crippen molar-refractivity contribution < 1.29 is 19.1 Å². The van der Waals surface area contributed by atoms with Crippen LogP contribution in [0.4, 0.5) is 4.79 Å².